The summed E-state index contributed by atoms with van der Waals surface area (Å²) in [5.41, 5.74) is 1.29. The fourth-order valence-electron chi connectivity index (χ4n) is 1.82. The lowest BCUT2D eigenvalue weighted by Gasteiger charge is -2.23. The summed E-state index contributed by atoms with van der Waals surface area (Å²) in [6, 6.07) is 8.33. The van der Waals surface area contributed by atoms with E-state index in [1.54, 1.807) is 0 Å². The molecule has 1 aromatic rings. The third-order valence-electron chi connectivity index (χ3n) is 2.93. The van der Waals surface area contributed by atoms with Gasteiger partial charge < -0.3 is 4.74 Å². The molecule has 0 spiro atoms. The number of ether oxygens (including phenoxy) is 1. The molecule has 0 bridgehead atoms. The minimum absolute atomic E-state index is 0.0146. The van der Waals surface area contributed by atoms with Gasteiger partial charge in [0.2, 0.25) is 0 Å². The molecule has 0 aromatic heterocycles. The van der Waals surface area contributed by atoms with Crippen molar-refractivity contribution in [3.8, 4) is 0 Å². The molecule has 2 nitrogen and oxygen atoms in total. The first-order valence-corrected chi connectivity index (χ1v) is 7.12. The molecular formula is C15H21BrO2. The lowest BCUT2D eigenvalue weighted by atomic mass is 9.83. The second kappa shape index (κ2) is 6.93. The molecule has 0 heterocycles. The Morgan fingerprint density at radius 3 is 2.44 bits per heavy atom. The molecule has 0 aliphatic rings. The first-order chi connectivity index (χ1) is 8.43. The maximum absolute atomic E-state index is 11.5. The fraction of sp³-hybridized carbons (Fsp3) is 0.533. The first-order valence-electron chi connectivity index (χ1n) is 6.33. The van der Waals surface area contributed by atoms with Gasteiger partial charge in [0, 0.05) is 4.47 Å². The number of carbonyl (C=O) groups is 1. The normalized spacial score (nSPS) is 11.3. The lowest BCUT2D eigenvalue weighted by Crippen LogP contribution is -2.19. The van der Waals surface area contributed by atoms with E-state index < -0.39 is 0 Å². The molecule has 0 aliphatic carbocycles. The summed E-state index contributed by atoms with van der Waals surface area (Å²) >= 11 is 3.42. The molecule has 0 saturated carbocycles. The van der Waals surface area contributed by atoms with Crippen LogP contribution >= 0.6 is 15.9 Å². The Kier molecular flexibility index (Phi) is 5.86. The number of aryl methyl sites for hydroxylation is 1. The average molecular weight is 313 g/mol. The highest BCUT2D eigenvalue weighted by Crippen LogP contribution is 2.27. The van der Waals surface area contributed by atoms with E-state index in [4.69, 9.17) is 4.74 Å². The van der Waals surface area contributed by atoms with Crippen LogP contribution < -0.4 is 0 Å². The van der Waals surface area contributed by atoms with Gasteiger partial charge in [-0.05, 0) is 42.9 Å². The van der Waals surface area contributed by atoms with E-state index in [2.05, 4.69) is 41.9 Å². The van der Waals surface area contributed by atoms with Crippen LogP contribution in [0.2, 0.25) is 0 Å². The highest BCUT2D eigenvalue weighted by Gasteiger charge is 2.22. The van der Waals surface area contributed by atoms with E-state index in [9.17, 15) is 4.79 Å². The third-order valence-corrected chi connectivity index (χ3v) is 3.46. The number of carbonyl (C=O) groups excluding carboxylic acids is 1. The Balaban J connectivity index is 2.45. The number of hydrogen-bond donors (Lipinski definition) is 0. The summed E-state index contributed by atoms with van der Waals surface area (Å²) in [7, 11) is 0. The van der Waals surface area contributed by atoms with Crippen molar-refractivity contribution >= 4 is 21.9 Å². The van der Waals surface area contributed by atoms with Crippen molar-refractivity contribution in [2.75, 3.05) is 6.61 Å². The van der Waals surface area contributed by atoms with Crippen molar-refractivity contribution in [2.24, 2.45) is 5.41 Å². The van der Waals surface area contributed by atoms with Gasteiger partial charge in [0.05, 0.1) is 13.0 Å². The van der Waals surface area contributed by atoms with Gasteiger partial charge in [0.15, 0.2) is 0 Å². The molecule has 0 saturated heterocycles. The number of hydrogen-bond acceptors (Lipinski definition) is 2. The summed E-state index contributed by atoms with van der Waals surface area (Å²) in [6.45, 7) is 6.53. The van der Waals surface area contributed by atoms with Crippen molar-refractivity contribution in [2.45, 2.75) is 40.0 Å². The van der Waals surface area contributed by atoms with Gasteiger partial charge in [-0.1, -0.05) is 41.9 Å². The smallest absolute Gasteiger partial charge is 0.306 e. The first kappa shape index (κ1) is 15.2. The Labute approximate surface area is 118 Å². The molecule has 100 valence electrons. The summed E-state index contributed by atoms with van der Waals surface area (Å²) < 4.78 is 6.09. The second-order valence-electron chi connectivity index (χ2n) is 5.27. The lowest BCUT2D eigenvalue weighted by molar-refractivity contribution is -0.145. The van der Waals surface area contributed by atoms with Crippen LogP contribution in [0.5, 0.6) is 0 Å². The standard InChI is InChI=1S/C15H21BrO2/c1-4-18-14(17)11-15(2,3)10-9-12-5-7-13(16)8-6-12/h5-8H,4,9-11H2,1-3H3. The quantitative estimate of drug-likeness (QED) is 0.729. The van der Waals surface area contributed by atoms with Gasteiger partial charge >= 0.3 is 5.97 Å². The van der Waals surface area contributed by atoms with Gasteiger partial charge in [-0.2, -0.15) is 0 Å². The van der Waals surface area contributed by atoms with Gasteiger partial charge in [-0.15, -0.1) is 0 Å². The Bertz CT molecular complexity index is 382. The van der Waals surface area contributed by atoms with E-state index in [1.807, 2.05) is 19.1 Å². The van der Waals surface area contributed by atoms with Crippen LogP contribution in [-0.4, -0.2) is 12.6 Å². The highest BCUT2D eigenvalue weighted by molar-refractivity contribution is 9.10. The van der Waals surface area contributed by atoms with Gasteiger partial charge in [-0.3, -0.25) is 4.79 Å². The van der Waals surface area contributed by atoms with E-state index in [-0.39, 0.29) is 11.4 Å². The van der Waals surface area contributed by atoms with E-state index in [0.29, 0.717) is 13.0 Å². The van der Waals surface area contributed by atoms with Gasteiger partial charge in [-0.25, -0.2) is 0 Å². The molecule has 1 rings (SSSR count). The predicted molar refractivity (Wildman–Crippen MR) is 77.5 cm³/mol. The molecule has 0 atom stereocenters. The number of halogens is 1. The Morgan fingerprint density at radius 2 is 1.89 bits per heavy atom. The van der Waals surface area contributed by atoms with Crippen molar-refractivity contribution in [3.05, 3.63) is 34.3 Å². The molecule has 0 fully saturated rings. The SMILES string of the molecule is CCOC(=O)CC(C)(C)CCc1ccc(Br)cc1. The summed E-state index contributed by atoms with van der Waals surface area (Å²) in [5, 5.41) is 0. The van der Waals surface area contributed by atoms with Crippen LogP contribution in [0, 0.1) is 5.41 Å². The Morgan fingerprint density at radius 1 is 1.28 bits per heavy atom. The van der Waals surface area contributed by atoms with Crippen molar-refractivity contribution in [1.29, 1.82) is 0 Å². The molecule has 0 aliphatic heterocycles. The zero-order chi connectivity index (χ0) is 13.6. The van der Waals surface area contributed by atoms with Crippen LogP contribution in [0.15, 0.2) is 28.7 Å². The molecule has 0 unspecified atom stereocenters. The monoisotopic (exact) mass is 312 g/mol. The topological polar surface area (TPSA) is 26.3 Å². The average Bonchev–Trinajstić information content (AvgIpc) is 2.28. The van der Waals surface area contributed by atoms with Crippen molar-refractivity contribution < 1.29 is 9.53 Å². The van der Waals surface area contributed by atoms with Gasteiger partial charge in [0.25, 0.3) is 0 Å². The van der Waals surface area contributed by atoms with Crippen LogP contribution in [0.3, 0.4) is 0 Å². The van der Waals surface area contributed by atoms with Crippen LogP contribution in [0.25, 0.3) is 0 Å². The van der Waals surface area contributed by atoms with E-state index in [0.717, 1.165) is 17.3 Å². The fourth-order valence-corrected chi connectivity index (χ4v) is 2.09. The van der Waals surface area contributed by atoms with Crippen molar-refractivity contribution in [3.63, 3.8) is 0 Å². The highest BCUT2D eigenvalue weighted by atomic mass is 79.9. The number of esters is 1. The second-order valence-corrected chi connectivity index (χ2v) is 6.19. The molecular weight excluding hydrogens is 292 g/mol. The Hall–Kier alpha value is -0.830. The van der Waals surface area contributed by atoms with Crippen molar-refractivity contribution in [1.82, 2.24) is 0 Å². The zero-order valence-corrected chi connectivity index (χ0v) is 12.9. The summed E-state index contributed by atoms with van der Waals surface area (Å²) in [4.78, 5) is 11.5. The number of benzene rings is 1. The predicted octanol–water partition coefficient (Wildman–Crippen LogP) is 4.36. The molecule has 0 N–H and O–H groups in total. The summed E-state index contributed by atoms with van der Waals surface area (Å²) in [5.74, 6) is -0.0988. The van der Waals surface area contributed by atoms with Crippen LogP contribution in [-0.2, 0) is 16.0 Å². The maximum Gasteiger partial charge on any atom is 0.306 e. The van der Waals surface area contributed by atoms with Crippen LogP contribution in [0.1, 0.15) is 39.2 Å². The van der Waals surface area contributed by atoms with Crippen LogP contribution in [0.4, 0.5) is 0 Å². The van der Waals surface area contributed by atoms with E-state index in [1.165, 1.54) is 5.56 Å². The zero-order valence-electron chi connectivity index (χ0n) is 11.3. The van der Waals surface area contributed by atoms with E-state index >= 15 is 0 Å². The van der Waals surface area contributed by atoms with Gasteiger partial charge in [0.1, 0.15) is 0 Å². The molecule has 0 amide bonds. The third kappa shape index (κ3) is 5.67. The molecule has 1 aromatic carbocycles. The minimum atomic E-state index is -0.0988. The number of rotatable bonds is 6. The maximum atomic E-state index is 11.5. The minimum Gasteiger partial charge on any atom is -0.466 e. The largest absolute Gasteiger partial charge is 0.466 e. The molecule has 3 heteroatoms. The molecule has 18 heavy (non-hydrogen) atoms. The summed E-state index contributed by atoms with van der Waals surface area (Å²) in [6.07, 6.45) is 2.45. The molecule has 0 radical (unpaired) electrons.